The minimum Gasteiger partial charge on any atom is -0.467 e. The lowest BCUT2D eigenvalue weighted by Crippen LogP contribution is -2.65. The van der Waals surface area contributed by atoms with E-state index in [9.17, 15) is 62.3 Å². The molecule has 0 aromatic carbocycles. The van der Waals surface area contributed by atoms with E-state index in [-0.39, 0.29) is 98.7 Å². The predicted octanol–water partition coefficient (Wildman–Crippen LogP) is 5.39. The molecule has 0 aromatic heterocycles. The normalized spacial score (nSPS) is 14.8. The molecule has 0 rings (SSSR count). The number of hydrogen-bond acceptors (Lipinski definition) is 15. The molecule has 0 saturated carbocycles. The number of alkyl carbamates (subject to hydrolysis) is 1. The molecule has 0 aromatic rings. The van der Waals surface area contributed by atoms with Gasteiger partial charge in [0, 0.05) is 0 Å². The summed E-state index contributed by atoms with van der Waals surface area (Å²) < 4.78 is 10.2. The lowest BCUT2D eigenvalue weighted by molar-refractivity contribution is -0.149. The number of methoxy groups -OCH3 is 1. The molecule has 0 radical (unpaired) electrons. The van der Waals surface area contributed by atoms with Gasteiger partial charge >= 0.3 is 12.1 Å². The smallest absolute Gasteiger partial charge is 0.408 e. The van der Waals surface area contributed by atoms with E-state index < -0.39 is 153 Å². The van der Waals surface area contributed by atoms with Crippen molar-refractivity contribution in [3.63, 3.8) is 0 Å². The average Bonchev–Trinajstić information content (AvgIpc) is 0.860. The van der Waals surface area contributed by atoms with Crippen LogP contribution in [-0.2, 0) is 67.0 Å². The molecule has 0 spiro atoms. The average molecular weight is 1380 g/mol. The molecule has 0 unspecified atom stereocenters. The van der Waals surface area contributed by atoms with Crippen LogP contribution >= 0.6 is 0 Å². The van der Waals surface area contributed by atoms with E-state index in [4.69, 9.17) is 9.47 Å². The van der Waals surface area contributed by atoms with Crippen LogP contribution in [0.25, 0.3) is 0 Å². The minimum absolute atomic E-state index is 0.0313. The summed E-state index contributed by atoms with van der Waals surface area (Å²) in [5.41, 5.74) is -7.32. The minimum atomic E-state index is -1.73. The molecular formula is C70H128N12O15. The first-order valence-corrected chi connectivity index (χ1v) is 34.6. The quantitative estimate of drug-likeness (QED) is 0.0342. The summed E-state index contributed by atoms with van der Waals surface area (Å²) in [7, 11) is 1.19. The van der Waals surface area contributed by atoms with E-state index in [1.807, 2.05) is 111 Å². The number of esters is 1. The maximum absolute atomic E-state index is 14.4. The molecule has 12 N–H and O–H groups in total. The summed E-state index contributed by atoms with van der Waals surface area (Å²) in [4.78, 5) is 181. The molecule has 12 amide bonds. The van der Waals surface area contributed by atoms with Crippen LogP contribution in [0.5, 0.6) is 0 Å². The summed E-state index contributed by atoms with van der Waals surface area (Å²) in [5.74, 6) is -9.56. The first-order chi connectivity index (χ1) is 44.1. The van der Waals surface area contributed by atoms with E-state index in [2.05, 4.69) is 63.8 Å². The van der Waals surface area contributed by atoms with Crippen LogP contribution in [0.1, 0.15) is 238 Å². The van der Waals surface area contributed by atoms with Crippen molar-refractivity contribution in [2.75, 3.05) is 7.11 Å². The molecule has 0 heterocycles. The Morgan fingerprint density at radius 1 is 0.258 bits per heavy atom. The molecule has 0 aliphatic heterocycles. The maximum Gasteiger partial charge on any atom is 0.408 e. The summed E-state index contributed by atoms with van der Waals surface area (Å²) >= 11 is 0. The highest BCUT2D eigenvalue weighted by molar-refractivity contribution is 6.01. The SMILES string of the molecule is COC(=O)C(C)(C)NC(=O)[C@@H](CC(C)C)NC(=O)[C@H](CC(C)C)NC(=O)C(C)(C)NC(=O)[C@@H](CC(C)C)NC(=O)[C@H](CC(C)C)NC(=O)C(C)(C)NC(=O)[C@@H](CC(C)C)NC(=O)[C@H](CC(C)C)NC(=O)C(C)(C)NC(=O)[C@@H](CC(C)C)NC(=O)[C@H](CC(C)C)NC(=O)OC(C)(C)C. The van der Waals surface area contributed by atoms with Crippen LogP contribution in [0.3, 0.4) is 0 Å². The third kappa shape index (κ3) is 34.3. The molecule has 0 bridgehead atoms. The van der Waals surface area contributed by atoms with Gasteiger partial charge < -0.3 is 73.3 Å². The second-order valence-electron chi connectivity index (χ2n) is 32.5. The van der Waals surface area contributed by atoms with Crippen LogP contribution in [0, 0.1) is 47.3 Å². The van der Waals surface area contributed by atoms with Crippen molar-refractivity contribution in [1.29, 1.82) is 0 Å². The zero-order chi connectivity index (χ0) is 75.8. The Balaban J connectivity index is 6.70. The van der Waals surface area contributed by atoms with Crippen LogP contribution in [0.4, 0.5) is 4.79 Å². The predicted molar refractivity (Wildman–Crippen MR) is 373 cm³/mol. The number of rotatable bonds is 40. The van der Waals surface area contributed by atoms with E-state index in [0.29, 0.717) is 0 Å². The highest BCUT2D eigenvalue weighted by atomic mass is 16.6. The second kappa shape index (κ2) is 39.5. The number of carbonyl (C=O) groups is 13. The summed E-state index contributed by atoms with van der Waals surface area (Å²) in [6.07, 6.45) is 0.335. The Hall–Kier alpha value is -7.09. The number of nitrogens with one attached hydrogen (secondary N) is 12. The highest BCUT2D eigenvalue weighted by Gasteiger charge is 2.42. The maximum atomic E-state index is 14.4. The second-order valence-corrected chi connectivity index (χ2v) is 32.5. The Morgan fingerprint density at radius 3 is 0.608 bits per heavy atom. The van der Waals surface area contributed by atoms with E-state index in [1.54, 1.807) is 20.8 Å². The topological polar surface area (TPSA) is 385 Å². The van der Waals surface area contributed by atoms with Gasteiger partial charge in [-0.2, -0.15) is 0 Å². The molecule has 27 nitrogen and oxygen atoms in total. The van der Waals surface area contributed by atoms with E-state index in [0.717, 1.165) is 0 Å². The van der Waals surface area contributed by atoms with Crippen molar-refractivity contribution in [2.45, 2.75) is 314 Å². The van der Waals surface area contributed by atoms with Crippen molar-refractivity contribution in [2.24, 2.45) is 47.3 Å². The number of carbonyl (C=O) groups excluding carboxylic acids is 13. The molecule has 0 aliphatic rings. The zero-order valence-corrected chi connectivity index (χ0v) is 64.0. The molecule has 27 heteroatoms. The molecule has 558 valence electrons. The molecule has 97 heavy (non-hydrogen) atoms. The van der Waals surface area contributed by atoms with Gasteiger partial charge in [0.1, 0.15) is 76.1 Å². The van der Waals surface area contributed by atoms with Crippen molar-refractivity contribution < 1.29 is 71.8 Å². The van der Waals surface area contributed by atoms with Crippen LogP contribution < -0.4 is 63.8 Å². The van der Waals surface area contributed by atoms with Crippen molar-refractivity contribution in [3.05, 3.63) is 0 Å². The molecular weight excluding hydrogens is 1250 g/mol. The van der Waals surface area contributed by atoms with Gasteiger partial charge in [-0.25, -0.2) is 9.59 Å². The zero-order valence-electron chi connectivity index (χ0n) is 64.0. The third-order valence-corrected chi connectivity index (χ3v) is 15.2. The summed E-state index contributed by atoms with van der Waals surface area (Å²) in [5, 5.41) is 32.8. The van der Waals surface area contributed by atoms with Crippen LogP contribution in [-0.4, -0.2) is 160 Å². The van der Waals surface area contributed by atoms with Gasteiger partial charge in [0.05, 0.1) is 7.11 Å². The van der Waals surface area contributed by atoms with Gasteiger partial charge in [-0.3, -0.25) is 52.7 Å². The van der Waals surface area contributed by atoms with Gasteiger partial charge in [0.2, 0.25) is 65.0 Å². The van der Waals surface area contributed by atoms with Gasteiger partial charge in [0.25, 0.3) is 0 Å². The molecule has 0 aliphatic carbocycles. The molecule has 0 saturated heterocycles. The van der Waals surface area contributed by atoms with E-state index in [1.165, 1.54) is 62.5 Å². The monoisotopic (exact) mass is 1380 g/mol. The van der Waals surface area contributed by atoms with Gasteiger partial charge in [-0.1, -0.05) is 111 Å². The fourth-order valence-electron chi connectivity index (χ4n) is 10.2. The molecule has 8 atom stereocenters. The van der Waals surface area contributed by atoms with Gasteiger partial charge in [-0.15, -0.1) is 0 Å². The van der Waals surface area contributed by atoms with Crippen LogP contribution in [0.2, 0.25) is 0 Å². The van der Waals surface area contributed by atoms with Gasteiger partial charge in [-0.05, 0) is 175 Å². The Bertz CT molecular complexity index is 2680. The largest absolute Gasteiger partial charge is 0.467 e. The summed E-state index contributed by atoms with van der Waals surface area (Å²) in [6, 6.07) is -9.40. The Labute approximate surface area is 579 Å². The lowest BCUT2D eigenvalue weighted by atomic mass is 9.96. The third-order valence-electron chi connectivity index (χ3n) is 15.2. The first kappa shape index (κ1) is 89.9. The van der Waals surface area contributed by atoms with Gasteiger partial charge in [0.15, 0.2) is 0 Å². The van der Waals surface area contributed by atoms with Crippen LogP contribution in [0.15, 0.2) is 0 Å². The van der Waals surface area contributed by atoms with Crippen molar-refractivity contribution >= 4 is 77.0 Å². The standard InChI is InChI=1S/C70H128N12O15/c1-37(2)29-45(53(83)71-50(34-42(11)12)58(88)80-68(22,23)62(92)77-47(31-39(5)6)55(85)73-52(36-44(15)16)60(90)82-70(26,27)64(94)96-28)75-61(91)67(20,21)79-57(87)49(33-41(9)10)72-54(84)46(30-38(3)4)76-63(93)69(24,25)81-59(89)51(35-43(13)14)74-56(86)48(32-40(7)8)78-65(95)97-66(17,18)19/h37-52H,29-36H2,1-28H3,(H,71,83)(H,72,84)(H,73,85)(H,74,86)(H,75,91)(H,76,93)(H,77,92)(H,78,95)(H,79,87)(H,80,88)(H,81,89)(H,82,90)/t45-,46-,47-,48-,49+,50+,51+,52+/m0/s1. The Morgan fingerprint density at radius 2 is 0.433 bits per heavy atom. The number of amides is 12. The fourth-order valence-corrected chi connectivity index (χ4v) is 10.2. The highest BCUT2D eigenvalue weighted by Crippen LogP contribution is 2.19. The lowest BCUT2D eigenvalue weighted by Gasteiger charge is -2.33. The fraction of sp³-hybridized carbons (Fsp3) is 0.814. The van der Waals surface area contributed by atoms with Crippen molar-refractivity contribution in [1.82, 2.24) is 63.8 Å². The summed E-state index contributed by atoms with van der Waals surface area (Å²) in [6.45, 7) is 46.1. The molecule has 0 fully saturated rings. The number of hydrogen-bond donors (Lipinski definition) is 12. The first-order valence-electron chi connectivity index (χ1n) is 34.6. The Kier molecular flexibility index (Phi) is 36.6. The number of ether oxygens (including phenoxy) is 2. The van der Waals surface area contributed by atoms with E-state index >= 15 is 0 Å². The van der Waals surface area contributed by atoms with Crippen molar-refractivity contribution in [3.8, 4) is 0 Å².